The summed E-state index contributed by atoms with van der Waals surface area (Å²) in [6.07, 6.45) is 4.73. The summed E-state index contributed by atoms with van der Waals surface area (Å²) >= 11 is 0. The SMILES string of the molecule is CC(C)CC1(C)NC(=O)N(CC(=O)NC2CCC(C)CC2)C1=O. The summed E-state index contributed by atoms with van der Waals surface area (Å²) in [6.45, 7) is 7.77. The summed E-state index contributed by atoms with van der Waals surface area (Å²) < 4.78 is 0. The van der Waals surface area contributed by atoms with Gasteiger partial charge in [0, 0.05) is 6.04 Å². The molecule has 2 rings (SSSR count). The lowest BCUT2D eigenvalue weighted by atomic mass is 9.87. The largest absolute Gasteiger partial charge is 0.352 e. The van der Waals surface area contributed by atoms with E-state index in [2.05, 4.69) is 17.6 Å². The zero-order valence-corrected chi connectivity index (χ0v) is 14.6. The predicted molar refractivity (Wildman–Crippen MR) is 87.7 cm³/mol. The molecule has 0 bridgehead atoms. The van der Waals surface area contributed by atoms with Gasteiger partial charge in [-0.05, 0) is 50.9 Å². The highest BCUT2D eigenvalue weighted by molar-refractivity contribution is 6.08. The highest BCUT2D eigenvalue weighted by Gasteiger charge is 2.48. The molecule has 2 fully saturated rings. The van der Waals surface area contributed by atoms with Crippen LogP contribution in [0.2, 0.25) is 0 Å². The van der Waals surface area contributed by atoms with Crippen molar-refractivity contribution in [2.24, 2.45) is 11.8 Å². The molecule has 0 aromatic rings. The summed E-state index contributed by atoms with van der Waals surface area (Å²) in [5, 5.41) is 5.70. The number of carbonyl (C=O) groups is 3. The Labute approximate surface area is 138 Å². The molecule has 1 aliphatic carbocycles. The molecular formula is C17H29N3O3. The molecule has 6 heteroatoms. The number of nitrogens with one attached hydrogen (secondary N) is 2. The highest BCUT2D eigenvalue weighted by Crippen LogP contribution is 2.25. The van der Waals surface area contributed by atoms with Crippen LogP contribution in [0.3, 0.4) is 0 Å². The van der Waals surface area contributed by atoms with Crippen LogP contribution < -0.4 is 10.6 Å². The van der Waals surface area contributed by atoms with E-state index in [9.17, 15) is 14.4 Å². The smallest absolute Gasteiger partial charge is 0.325 e. The van der Waals surface area contributed by atoms with E-state index in [-0.39, 0.29) is 30.3 Å². The summed E-state index contributed by atoms with van der Waals surface area (Å²) in [4.78, 5) is 37.8. The van der Waals surface area contributed by atoms with Crippen molar-refractivity contribution in [1.29, 1.82) is 0 Å². The fourth-order valence-corrected chi connectivity index (χ4v) is 3.67. The lowest BCUT2D eigenvalue weighted by Gasteiger charge is -2.27. The molecule has 1 atom stereocenters. The van der Waals surface area contributed by atoms with E-state index < -0.39 is 11.6 Å². The molecule has 0 aromatic carbocycles. The average Bonchev–Trinajstić information content (AvgIpc) is 2.64. The minimum Gasteiger partial charge on any atom is -0.352 e. The van der Waals surface area contributed by atoms with Crippen LogP contribution in [-0.2, 0) is 9.59 Å². The second kappa shape index (κ2) is 6.89. The Hall–Kier alpha value is -1.59. The first-order valence-corrected chi connectivity index (χ1v) is 8.64. The van der Waals surface area contributed by atoms with E-state index in [1.54, 1.807) is 6.92 Å². The fourth-order valence-electron chi connectivity index (χ4n) is 3.67. The molecule has 2 aliphatic rings. The average molecular weight is 323 g/mol. The van der Waals surface area contributed by atoms with Crippen LogP contribution in [0.25, 0.3) is 0 Å². The van der Waals surface area contributed by atoms with Crippen molar-refractivity contribution >= 4 is 17.8 Å². The van der Waals surface area contributed by atoms with E-state index in [1.807, 2.05) is 13.8 Å². The molecule has 0 radical (unpaired) electrons. The van der Waals surface area contributed by atoms with E-state index in [4.69, 9.17) is 0 Å². The molecule has 1 aliphatic heterocycles. The monoisotopic (exact) mass is 323 g/mol. The summed E-state index contributed by atoms with van der Waals surface area (Å²) in [6, 6.07) is -0.299. The standard InChI is InChI=1S/C17H29N3O3/c1-11(2)9-17(4)15(22)20(16(23)19-17)10-14(21)18-13-7-5-12(3)6-8-13/h11-13H,5-10H2,1-4H3,(H,18,21)(H,19,23). The van der Waals surface area contributed by atoms with Gasteiger partial charge in [-0.15, -0.1) is 0 Å². The molecule has 6 nitrogen and oxygen atoms in total. The Morgan fingerprint density at radius 2 is 1.91 bits per heavy atom. The Kier molecular flexibility index (Phi) is 5.32. The summed E-state index contributed by atoms with van der Waals surface area (Å²) in [7, 11) is 0. The Morgan fingerprint density at radius 1 is 1.30 bits per heavy atom. The lowest BCUT2D eigenvalue weighted by Crippen LogP contribution is -2.47. The van der Waals surface area contributed by atoms with Gasteiger partial charge in [0.2, 0.25) is 5.91 Å². The van der Waals surface area contributed by atoms with E-state index in [0.29, 0.717) is 12.3 Å². The van der Waals surface area contributed by atoms with Crippen LogP contribution in [0, 0.1) is 11.8 Å². The van der Waals surface area contributed by atoms with Gasteiger partial charge >= 0.3 is 6.03 Å². The number of amides is 4. The molecule has 0 spiro atoms. The van der Waals surface area contributed by atoms with Crippen molar-refractivity contribution in [3.8, 4) is 0 Å². The van der Waals surface area contributed by atoms with Crippen molar-refractivity contribution in [2.75, 3.05) is 6.54 Å². The van der Waals surface area contributed by atoms with E-state index in [0.717, 1.165) is 30.6 Å². The second-order valence-corrected chi connectivity index (χ2v) is 7.78. The molecule has 0 aromatic heterocycles. The van der Waals surface area contributed by atoms with Gasteiger partial charge in [0.1, 0.15) is 12.1 Å². The zero-order chi connectivity index (χ0) is 17.2. The molecule has 2 N–H and O–H groups in total. The maximum Gasteiger partial charge on any atom is 0.325 e. The van der Waals surface area contributed by atoms with Crippen LogP contribution in [0.15, 0.2) is 0 Å². The number of nitrogens with zero attached hydrogens (tertiary/aromatic N) is 1. The zero-order valence-electron chi connectivity index (χ0n) is 14.6. The van der Waals surface area contributed by atoms with Gasteiger partial charge in [0.15, 0.2) is 0 Å². The molecule has 1 saturated heterocycles. The topological polar surface area (TPSA) is 78.5 Å². The molecule has 23 heavy (non-hydrogen) atoms. The minimum atomic E-state index is -0.897. The first-order valence-electron chi connectivity index (χ1n) is 8.64. The van der Waals surface area contributed by atoms with Crippen LogP contribution in [0.4, 0.5) is 4.79 Å². The van der Waals surface area contributed by atoms with Crippen molar-refractivity contribution in [3.05, 3.63) is 0 Å². The molecule has 130 valence electrons. The van der Waals surface area contributed by atoms with Crippen molar-refractivity contribution in [3.63, 3.8) is 0 Å². The van der Waals surface area contributed by atoms with Gasteiger partial charge in [0.05, 0.1) is 0 Å². The van der Waals surface area contributed by atoms with Gasteiger partial charge in [-0.1, -0.05) is 20.8 Å². The summed E-state index contributed by atoms with van der Waals surface area (Å²) in [5.74, 6) is 0.443. The van der Waals surface area contributed by atoms with Crippen molar-refractivity contribution in [1.82, 2.24) is 15.5 Å². The quantitative estimate of drug-likeness (QED) is 0.760. The van der Waals surface area contributed by atoms with E-state index >= 15 is 0 Å². The third-order valence-corrected chi connectivity index (χ3v) is 4.84. The van der Waals surface area contributed by atoms with Gasteiger partial charge in [-0.2, -0.15) is 0 Å². The third-order valence-electron chi connectivity index (χ3n) is 4.84. The number of hydrogen-bond donors (Lipinski definition) is 2. The minimum absolute atomic E-state index is 0.168. The third kappa shape index (κ3) is 4.24. The second-order valence-electron chi connectivity index (χ2n) is 7.78. The lowest BCUT2D eigenvalue weighted by molar-refractivity contribution is -0.135. The first-order chi connectivity index (χ1) is 10.7. The van der Waals surface area contributed by atoms with Gasteiger partial charge in [-0.25, -0.2) is 4.79 Å². The maximum atomic E-state index is 12.5. The molecule has 4 amide bonds. The van der Waals surface area contributed by atoms with Crippen LogP contribution in [-0.4, -0.2) is 40.9 Å². The Bertz CT molecular complexity index is 483. The van der Waals surface area contributed by atoms with Crippen molar-refractivity contribution < 1.29 is 14.4 Å². The number of imide groups is 1. The molecule has 1 unspecified atom stereocenters. The highest BCUT2D eigenvalue weighted by atomic mass is 16.2. The van der Waals surface area contributed by atoms with E-state index in [1.165, 1.54) is 0 Å². The molecule has 1 saturated carbocycles. The van der Waals surface area contributed by atoms with Crippen LogP contribution >= 0.6 is 0 Å². The summed E-state index contributed by atoms with van der Waals surface area (Å²) in [5.41, 5.74) is -0.897. The molecular weight excluding hydrogens is 294 g/mol. The number of carbonyl (C=O) groups excluding carboxylic acids is 3. The van der Waals surface area contributed by atoms with Gasteiger partial charge < -0.3 is 10.6 Å². The Balaban J connectivity index is 1.90. The molecule has 1 heterocycles. The first kappa shape index (κ1) is 17.8. The normalized spacial score (nSPS) is 31.4. The number of urea groups is 1. The predicted octanol–water partition coefficient (Wildman–Crippen LogP) is 2.04. The number of rotatable bonds is 5. The van der Waals surface area contributed by atoms with Crippen LogP contribution in [0.1, 0.15) is 59.8 Å². The number of hydrogen-bond acceptors (Lipinski definition) is 3. The van der Waals surface area contributed by atoms with Crippen molar-refractivity contribution in [2.45, 2.75) is 71.4 Å². The van der Waals surface area contributed by atoms with Gasteiger partial charge in [-0.3, -0.25) is 14.5 Å². The maximum absolute atomic E-state index is 12.5. The van der Waals surface area contributed by atoms with Gasteiger partial charge in [0.25, 0.3) is 5.91 Å². The van der Waals surface area contributed by atoms with Crippen LogP contribution in [0.5, 0.6) is 0 Å². The Morgan fingerprint density at radius 3 is 2.48 bits per heavy atom. The fraction of sp³-hybridized carbons (Fsp3) is 0.824.